The molecule has 5 N–H and O–H groups in total. The molecule has 0 saturated carbocycles. The van der Waals surface area contributed by atoms with Crippen molar-refractivity contribution in [2.75, 3.05) is 0 Å². The first-order valence-corrected chi connectivity index (χ1v) is 7.44. The monoisotopic (exact) mass is 351 g/mol. The molecule has 0 fully saturated rings. The van der Waals surface area contributed by atoms with Crippen molar-refractivity contribution in [1.82, 2.24) is 0 Å². The molecule has 3 atom stereocenters. The van der Waals surface area contributed by atoms with Crippen LogP contribution in [0.3, 0.4) is 0 Å². The molecule has 0 radical (unpaired) electrons. The van der Waals surface area contributed by atoms with Gasteiger partial charge in [0.2, 0.25) is 0 Å². The van der Waals surface area contributed by atoms with Gasteiger partial charge in [-0.3, -0.25) is 14.4 Å². The molecular formula is C16H17NO8. The second-order valence-corrected chi connectivity index (χ2v) is 5.91. The van der Waals surface area contributed by atoms with E-state index in [9.17, 15) is 29.4 Å². The Balaban J connectivity index is 2.40. The third-order valence-electron chi connectivity index (χ3n) is 4.41. The lowest BCUT2D eigenvalue weighted by Crippen LogP contribution is -2.36. The summed E-state index contributed by atoms with van der Waals surface area (Å²) in [5.74, 6) is -2.96. The Morgan fingerprint density at radius 1 is 1.04 bits per heavy atom. The van der Waals surface area contributed by atoms with E-state index in [1.807, 2.05) is 0 Å². The number of fused-ring (bicyclic) bond motifs is 1. The number of hydrogen-bond donors (Lipinski definition) is 4. The Morgan fingerprint density at radius 3 is 2.08 bits per heavy atom. The van der Waals surface area contributed by atoms with Crippen molar-refractivity contribution in [2.24, 2.45) is 17.7 Å². The van der Waals surface area contributed by atoms with Crippen molar-refractivity contribution in [3.63, 3.8) is 0 Å². The van der Waals surface area contributed by atoms with E-state index in [4.69, 9.17) is 11.0 Å². The van der Waals surface area contributed by atoms with Crippen molar-refractivity contribution in [3.8, 4) is 0 Å². The van der Waals surface area contributed by atoms with Crippen molar-refractivity contribution < 1.29 is 39.3 Å². The van der Waals surface area contributed by atoms with Crippen LogP contribution in [-0.4, -0.2) is 39.2 Å². The van der Waals surface area contributed by atoms with E-state index < -0.39 is 48.1 Å². The molecule has 0 spiro atoms. The molecular weight excluding hydrogens is 334 g/mol. The maximum atomic E-state index is 11.7. The molecule has 25 heavy (non-hydrogen) atoms. The highest BCUT2D eigenvalue weighted by molar-refractivity contribution is 5.84. The zero-order valence-electron chi connectivity index (χ0n) is 13.0. The van der Waals surface area contributed by atoms with Gasteiger partial charge in [-0.05, 0) is 29.5 Å². The van der Waals surface area contributed by atoms with Crippen LogP contribution in [0.4, 0.5) is 0 Å². The second-order valence-electron chi connectivity index (χ2n) is 5.91. The van der Waals surface area contributed by atoms with Crippen molar-refractivity contribution in [2.45, 2.75) is 25.2 Å². The summed E-state index contributed by atoms with van der Waals surface area (Å²) in [6, 6.07) is 4.61. The minimum Gasteiger partial charge on any atom is -0.481 e. The first kappa shape index (κ1) is 18.4. The van der Waals surface area contributed by atoms with Crippen molar-refractivity contribution in [1.29, 1.82) is 0 Å². The third-order valence-corrected chi connectivity index (χ3v) is 4.41. The topological polar surface area (TPSA) is 164 Å². The largest absolute Gasteiger partial charge is 0.481 e. The summed E-state index contributed by atoms with van der Waals surface area (Å²) in [7, 11) is 0. The van der Waals surface area contributed by atoms with Crippen LogP contribution < -0.4 is 5.90 Å². The lowest BCUT2D eigenvalue weighted by Gasteiger charge is -2.28. The van der Waals surface area contributed by atoms with Crippen LogP contribution >= 0.6 is 0 Å². The van der Waals surface area contributed by atoms with E-state index in [0.717, 1.165) is 0 Å². The highest BCUT2D eigenvalue weighted by Crippen LogP contribution is 2.33. The molecule has 2 rings (SSSR count). The number of hydrogen-bond acceptors (Lipinski definition) is 6. The van der Waals surface area contributed by atoms with Gasteiger partial charge < -0.3 is 20.2 Å². The normalized spacial score (nSPS) is 20.2. The number of carbonyl (C=O) groups is 4. The predicted molar refractivity (Wildman–Crippen MR) is 81.4 cm³/mol. The number of carbonyl (C=O) groups excluding carboxylic acids is 1. The predicted octanol–water partition coefficient (Wildman–Crippen LogP) is 0.162. The zero-order chi connectivity index (χ0) is 18.7. The van der Waals surface area contributed by atoms with Crippen molar-refractivity contribution in [3.05, 3.63) is 34.9 Å². The van der Waals surface area contributed by atoms with Gasteiger partial charge in [-0.15, -0.1) is 0 Å². The third kappa shape index (κ3) is 3.94. The van der Waals surface area contributed by atoms with Crippen LogP contribution in [0.15, 0.2) is 18.2 Å². The highest BCUT2D eigenvalue weighted by atomic mass is 16.7. The average Bonchev–Trinajstić information content (AvgIpc) is 2.56. The van der Waals surface area contributed by atoms with Gasteiger partial charge in [0.15, 0.2) is 0 Å². The van der Waals surface area contributed by atoms with Gasteiger partial charge in [-0.25, -0.2) is 4.79 Å². The van der Waals surface area contributed by atoms with Crippen molar-refractivity contribution >= 4 is 23.9 Å². The summed E-state index contributed by atoms with van der Waals surface area (Å²) in [5.41, 5.74) is 1.56. The first-order chi connectivity index (χ1) is 11.7. The Labute approximate surface area is 142 Å². The molecule has 1 aliphatic rings. The standard InChI is InChI=1S/C16H17NO8/c17-25-16(24)10(6-13(18)19)8-2-1-7-4-11(14(20)21)12(15(22)23)5-9(7)3-8/h1-3,10-12H,4-6,17H2,(H,18,19)(H,20,21)(H,22,23). The first-order valence-electron chi connectivity index (χ1n) is 7.44. The molecule has 3 unspecified atom stereocenters. The number of nitrogens with two attached hydrogens (primary N) is 1. The average molecular weight is 351 g/mol. The Morgan fingerprint density at radius 2 is 1.60 bits per heavy atom. The summed E-state index contributed by atoms with van der Waals surface area (Å²) in [5, 5.41) is 27.4. The minimum absolute atomic E-state index is 0.0209. The molecule has 0 heterocycles. The molecule has 0 saturated heterocycles. The summed E-state index contributed by atoms with van der Waals surface area (Å²) in [6.07, 6.45) is -0.505. The molecule has 1 aromatic rings. The van der Waals surface area contributed by atoms with Gasteiger partial charge >= 0.3 is 23.9 Å². The van der Waals surface area contributed by atoms with Crippen LogP contribution in [0.25, 0.3) is 0 Å². The quantitative estimate of drug-likeness (QED) is 0.522. The molecule has 1 aromatic carbocycles. The summed E-state index contributed by atoms with van der Waals surface area (Å²) < 4.78 is 0. The lowest BCUT2D eigenvalue weighted by atomic mass is 9.75. The molecule has 0 aliphatic heterocycles. The second kappa shape index (κ2) is 7.31. The van der Waals surface area contributed by atoms with E-state index in [1.165, 1.54) is 12.1 Å². The van der Waals surface area contributed by atoms with Crippen LogP contribution in [0, 0.1) is 11.8 Å². The minimum atomic E-state index is -1.22. The molecule has 0 aromatic heterocycles. The van der Waals surface area contributed by atoms with E-state index in [2.05, 4.69) is 4.84 Å². The van der Waals surface area contributed by atoms with Gasteiger partial charge in [0, 0.05) is 0 Å². The van der Waals surface area contributed by atoms with Gasteiger partial charge in [0.05, 0.1) is 24.2 Å². The van der Waals surface area contributed by atoms with Crippen LogP contribution in [0.5, 0.6) is 0 Å². The fourth-order valence-electron chi connectivity index (χ4n) is 3.12. The van der Waals surface area contributed by atoms with E-state index >= 15 is 0 Å². The Hall–Kier alpha value is -2.94. The lowest BCUT2D eigenvalue weighted by molar-refractivity contribution is -0.154. The number of rotatable bonds is 6. The molecule has 9 heteroatoms. The number of benzene rings is 1. The van der Waals surface area contributed by atoms with Crippen LogP contribution in [-0.2, 0) is 36.9 Å². The zero-order valence-corrected chi connectivity index (χ0v) is 13.0. The summed E-state index contributed by atoms with van der Waals surface area (Å²) in [4.78, 5) is 49.5. The SMILES string of the molecule is NOC(=O)C(CC(=O)O)c1ccc2c(c1)CC(C(=O)O)C(C(=O)O)C2. The number of aliphatic carboxylic acids is 3. The molecule has 1 aliphatic carbocycles. The maximum Gasteiger partial charge on any atom is 0.332 e. The van der Waals surface area contributed by atoms with E-state index in [0.29, 0.717) is 16.7 Å². The fraction of sp³-hybridized carbons (Fsp3) is 0.375. The highest BCUT2D eigenvalue weighted by Gasteiger charge is 2.38. The number of carboxylic acid groups (broad SMARTS) is 3. The van der Waals surface area contributed by atoms with Gasteiger partial charge in [0.25, 0.3) is 0 Å². The number of carboxylic acids is 3. The summed E-state index contributed by atoms with van der Waals surface area (Å²) >= 11 is 0. The molecule has 0 bridgehead atoms. The summed E-state index contributed by atoms with van der Waals surface area (Å²) in [6.45, 7) is 0. The van der Waals surface area contributed by atoms with Gasteiger partial charge in [-0.2, -0.15) is 5.90 Å². The molecule has 134 valence electrons. The van der Waals surface area contributed by atoms with Gasteiger partial charge in [0.1, 0.15) is 0 Å². The van der Waals surface area contributed by atoms with Crippen LogP contribution in [0.2, 0.25) is 0 Å². The molecule has 9 nitrogen and oxygen atoms in total. The van der Waals surface area contributed by atoms with Gasteiger partial charge in [-0.1, -0.05) is 18.2 Å². The van der Waals surface area contributed by atoms with Crippen LogP contribution in [0.1, 0.15) is 29.0 Å². The van der Waals surface area contributed by atoms with E-state index in [1.54, 1.807) is 6.07 Å². The fourth-order valence-corrected chi connectivity index (χ4v) is 3.12. The molecule has 0 amide bonds. The Kier molecular flexibility index (Phi) is 5.38. The Bertz CT molecular complexity index is 729. The van der Waals surface area contributed by atoms with E-state index in [-0.39, 0.29) is 12.8 Å². The maximum absolute atomic E-state index is 11.7. The smallest absolute Gasteiger partial charge is 0.332 e.